The van der Waals surface area contributed by atoms with Crippen molar-refractivity contribution < 1.29 is 9.80 Å². The molecule has 1 rings (SSSR count). The summed E-state index contributed by atoms with van der Waals surface area (Å²) in [4.78, 5) is 2.91. The molecule has 0 aromatic heterocycles. The molecule has 150 valence electrons. The molecule has 0 amide bonds. The molecule has 0 aliphatic carbocycles. The second-order valence-corrected chi connectivity index (χ2v) is 8.15. The van der Waals surface area contributed by atoms with Crippen LogP contribution in [-0.2, 0) is 11.8 Å². The first-order valence-corrected chi connectivity index (χ1v) is 11.6. The fraction of sp³-hybridized carbons (Fsp3) is 0.727. The van der Waals surface area contributed by atoms with Crippen LogP contribution in [0.15, 0.2) is 12.1 Å². The van der Waals surface area contributed by atoms with Crippen molar-refractivity contribution in [2.24, 2.45) is 0 Å². The minimum atomic E-state index is 0.570. The Morgan fingerprint density at radius 2 is 1.04 bits per heavy atom. The number of nitrogens with one attached hydrogen (secondary N) is 2. The third-order valence-corrected chi connectivity index (χ3v) is 5.92. The Morgan fingerprint density at radius 3 is 1.35 bits per heavy atom. The van der Waals surface area contributed by atoms with Crippen molar-refractivity contribution in [2.75, 3.05) is 27.2 Å². The average Bonchev–Trinajstić information content (AvgIpc) is 2.67. The number of halogens is 2. The lowest BCUT2D eigenvalue weighted by molar-refractivity contribution is -0.813. The second kappa shape index (κ2) is 13.8. The van der Waals surface area contributed by atoms with E-state index in [0.29, 0.717) is 11.8 Å². The Balaban J connectivity index is 2.88. The fourth-order valence-electron chi connectivity index (χ4n) is 3.61. The summed E-state index contributed by atoms with van der Waals surface area (Å²) in [5.74, 6) is 1.14. The van der Waals surface area contributed by atoms with Gasteiger partial charge in [0.15, 0.2) is 0 Å². The number of hydrogen-bond acceptors (Lipinski definition) is 0. The van der Waals surface area contributed by atoms with Gasteiger partial charge in [0.1, 0.15) is 11.4 Å². The highest BCUT2D eigenvalue weighted by molar-refractivity contribution is 6.18. The Morgan fingerprint density at radius 1 is 0.654 bits per heavy atom. The van der Waals surface area contributed by atoms with Gasteiger partial charge in [-0.1, -0.05) is 39.5 Å². The predicted molar refractivity (Wildman–Crippen MR) is 117 cm³/mol. The van der Waals surface area contributed by atoms with Gasteiger partial charge in [0.05, 0.1) is 38.9 Å². The highest BCUT2D eigenvalue weighted by Gasteiger charge is 2.20. The van der Waals surface area contributed by atoms with Gasteiger partial charge in [0, 0.05) is 23.3 Å². The third kappa shape index (κ3) is 7.76. The SMILES string of the molecule is CCCCCC[NH+](C)c1cc(CCl)c([NH+](C)CCCCCC)cc1CCl. The summed E-state index contributed by atoms with van der Waals surface area (Å²) in [5.41, 5.74) is 5.18. The Hall–Kier alpha value is -0.280. The van der Waals surface area contributed by atoms with E-state index in [9.17, 15) is 0 Å². The van der Waals surface area contributed by atoms with E-state index in [-0.39, 0.29) is 0 Å². The average molecular weight is 403 g/mol. The summed E-state index contributed by atoms with van der Waals surface area (Å²) in [7, 11) is 4.52. The van der Waals surface area contributed by atoms with Gasteiger partial charge in [-0.25, -0.2) is 0 Å². The van der Waals surface area contributed by atoms with Crippen LogP contribution in [0.3, 0.4) is 0 Å². The number of quaternary nitrogens is 2. The van der Waals surface area contributed by atoms with Crippen LogP contribution in [0.5, 0.6) is 0 Å². The molecule has 0 aliphatic heterocycles. The molecule has 0 saturated heterocycles. The predicted octanol–water partition coefficient (Wildman–Crippen LogP) is 4.62. The van der Waals surface area contributed by atoms with Crippen LogP contribution in [0, 0.1) is 0 Å². The first-order chi connectivity index (χ1) is 12.6. The van der Waals surface area contributed by atoms with Crippen molar-refractivity contribution >= 4 is 34.6 Å². The molecule has 0 bridgehead atoms. The van der Waals surface area contributed by atoms with Crippen molar-refractivity contribution in [3.05, 3.63) is 23.3 Å². The summed E-state index contributed by atoms with van der Waals surface area (Å²) in [6.45, 7) is 6.83. The van der Waals surface area contributed by atoms with Crippen LogP contribution in [0.1, 0.15) is 76.3 Å². The van der Waals surface area contributed by atoms with Crippen molar-refractivity contribution in [3.63, 3.8) is 0 Å². The molecule has 1 aromatic carbocycles. The minimum absolute atomic E-state index is 0.570. The van der Waals surface area contributed by atoms with Crippen LogP contribution in [0.25, 0.3) is 0 Å². The van der Waals surface area contributed by atoms with Crippen molar-refractivity contribution in [1.82, 2.24) is 0 Å². The number of unbranched alkanes of at least 4 members (excludes halogenated alkanes) is 6. The first-order valence-electron chi connectivity index (χ1n) is 10.5. The fourth-order valence-corrected chi connectivity index (χ4v) is 4.05. The third-order valence-electron chi connectivity index (χ3n) is 5.35. The van der Waals surface area contributed by atoms with E-state index in [2.05, 4.69) is 40.1 Å². The lowest BCUT2D eigenvalue weighted by Gasteiger charge is -2.21. The van der Waals surface area contributed by atoms with Gasteiger partial charge in [-0.3, -0.25) is 0 Å². The molecule has 0 saturated carbocycles. The summed E-state index contributed by atoms with van der Waals surface area (Å²) in [5, 5.41) is 0. The number of rotatable bonds is 14. The van der Waals surface area contributed by atoms with Gasteiger partial charge in [0.25, 0.3) is 0 Å². The summed E-state index contributed by atoms with van der Waals surface area (Å²) in [6.07, 6.45) is 10.4. The van der Waals surface area contributed by atoms with Crippen LogP contribution in [0.2, 0.25) is 0 Å². The van der Waals surface area contributed by atoms with Crippen molar-refractivity contribution in [3.8, 4) is 0 Å². The molecule has 0 aliphatic rings. The van der Waals surface area contributed by atoms with Gasteiger partial charge >= 0.3 is 0 Å². The monoisotopic (exact) mass is 402 g/mol. The molecule has 0 fully saturated rings. The van der Waals surface area contributed by atoms with E-state index >= 15 is 0 Å². The summed E-state index contributed by atoms with van der Waals surface area (Å²) < 4.78 is 0. The molecule has 2 N–H and O–H groups in total. The molecule has 4 heteroatoms. The smallest absolute Gasteiger partial charge is 0.136 e. The van der Waals surface area contributed by atoms with Crippen LogP contribution < -0.4 is 9.80 Å². The molecular weight excluding hydrogens is 363 g/mol. The lowest BCUT2D eigenvalue weighted by Crippen LogP contribution is -3.05. The standard InChI is InChI=1S/C22H38Cl2N2/c1-5-7-9-11-13-25(3)21-15-20(18-24)22(16-19(21)17-23)26(4)14-12-10-8-6-2/h15-16H,5-14,17-18H2,1-4H3/p+2. The van der Waals surface area contributed by atoms with Gasteiger partial charge in [-0.05, 0) is 25.7 Å². The largest absolute Gasteiger partial charge is 0.305 e. The Kier molecular flexibility index (Phi) is 12.6. The maximum atomic E-state index is 6.32. The normalized spacial score (nSPS) is 13.8. The number of benzene rings is 1. The lowest BCUT2D eigenvalue weighted by atomic mass is 10.1. The van der Waals surface area contributed by atoms with Gasteiger partial charge in [-0.2, -0.15) is 0 Å². The molecule has 0 radical (unpaired) electrons. The molecule has 1 aromatic rings. The Bertz CT molecular complexity index is 459. The molecule has 26 heavy (non-hydrogen) atoms. The minimum Gasteiger partial charge on any atom is -0.305 e. The molecule has 0 spiro atoms. The first kappa shape index (κ1) is 23.8. The van der Waals surface area contributed by atoms with E-state index in [1.807, 2.05) is 0 Å². The zero-order valence-electron chi connectivity index (χ0n) is 17.4. The molecule has 2 nitrogen and oxygen atoms in total. The highest BCUT2D eigenvalue weighted by Crippen LogP contribution is 2.24. The van der Waals surface area contributed by atoms with E-state index in [0.717, 1.165) is 13.1 Å². The van der Waals surface area contributed by atoms with Crippen LogP contribution >= 0.6 is 23.2 Å². The Labute approximate surface area is 171 Å². The molecular formula is C22H40Cl2N2+2. The van der Waals surface area contributed by atoms with Gasteiger partial charge in [0.2, 0.25) is 0 Å². The highest BCUT2D eigenvalue weighted by atomic mass is 35.5. The molecule has 2 unspecified atom stereocenters. The zero-order valence-corrected chi connectivity index (χ0v) is 18.9. The second-order valence-electron chi connectivity index (χ2n) is 7.62. The van der Waals surface area contributed by atoms with E-state index in [4.69, 9.17) is 23.2 Å². The summed E-state index contributed by atoms with van der Waals surface area (Å²) >= 11 is 12.6. The van der Waals surface area contributed by atoms with Crippen molar-refractivity contribution in [2.45, 2.75) is 77.0 Å². The van der Waals surface area contributed by atoms with E-state index in [1.165, 1.54) is 83.7 Å². The maximum absolute atomic E-state index is 6.32. The van der Waals surface area contributed by atoms with E-state index < -0.39 is 0 Å². The maximum Gasteiger partial charge on any atom is 0.136 e. The molecule has 2 atom stereocenters. The van der Waals surface area contributed by atoms with Crippen LogP contribution in [-0.4, -0.2) is 27.2 Å². The summed E-state index contributed by atoms with van der Waals surface area (Å²) in [6, 6.07) is 4.62. The van der Waals surface area contributed by atoms with Crippen LogP contribution in [0.4, 0.5) is 11.4 Å². The van der Waals surface area contributed by atoms with Gasteiger partial charge in [-0.15, -0.1) is 23.2 Å². The number of hydrogen-bond donors (Lipinski definition) is 2. The van der Waals surface area contributed by atoms with E-state index in [1.54, 1.807) is 0 Å². The quantitative estimate of drug-likeness (QED) is 0.331. The molecule has 0 heterocycles. The van der Waals surface area contributed by atoms with Gasteiger partial charge < -0.3 is 9.80 Å². The zero-order chi connectivity index (χ0) is 19.4. The topological polar surface area (TPSA) is 8.88 Å². The number of alkyl halides is 2. The van der Waals surface area contributed by atoms with Crippen molar-refractivity contribution in [1.29, 1.82) is 0 Å².